The van der Waals surface area contributed by atoms with Crippen molar-refractivity contribution < 1.29 is 13.9 Å². The number of halogens is 3. The van der Waals surface area contributed by atoms with Crippen molar-refractivity contribution in [1.82, 2.24) is 34.1 Å². The van der Waals surface area contributed by atoms with Crippen LogP contribution in [0, 0.1) is 6.92 Å². The van der Waals surface area contributed by atoms with Gasteiger partial charge in [0.25, 0.3) is 12.0 Å². The Kier molecular flexibility index (Phi) is 6.84. The Morgan fingerprint density at radius 2 is 1.95 bits per heavy atom. The van der Waals surface area contributed by atoms with Gasteiger partial charge in [0.2, 0.25) is 5.82 Å². The number of aromatic nitrogens is 7. The third-order valence-electron chi connectivity index (χ3n) is 6.22. The van der Waals surface area contributed by atoms with E-state index in [1.807, 2.05) is 19.9 Å². The lowest BCUT2D eigenvalue weighted by molar-refractivity contribution is 0.126. The summed E-state index contributed by atoms with van der Waals surface area (Å²) < 4.78 is 31.3. The first-order valence-electron chi connectivity index (χ1n) is 11.9. The Labute approximate surface area is 220 Å². The summed E-state index contributed by atoms with van der Waals surface area (Å²) in [6.07, 6.45) is -1.21. The Balaban J connectivity index is 1.73. The second-order valence-corrected chi connectivity index (χ2v) is 9.41. The smallest absolute Gasteiger partial charge is 0.260 e. The van der Waals surface area contributed by atoms with Gasteiger partial charge in [-0.2, -0.15) is 5.10 Å². The molecule has 13 heteroatoms. The van der Waals surface area contributed by atoms with Gasteiger partial charge in [-0.3, -0.25) is 14.0 Å². The number of hydrogen-bond donors (Lipinski definition) is 2. The average molecular weight is 543 g/mol. The molecule has 4 aromatic heterocycles. The van der Waals surface area contributed by atoms with Gasteiger partial charge in [0, 0.05) is 17.8 Å². The van der Waals surface area contributed by atoms with E-state index >= 15 is 0 Å². The molecule has 38 heavy (non-hydrogen) atoms. The van der Waals surface area contributed by atoms with E-state index in [1.165, 1.54) is 4.68 Å². The molecule has 0 aliphatic rings. The maximum atomic E-state index is 13.6. The van der Waals surface area contributed by atoms with Crippen molar-refractivity contribution >= 4 is 39.1 Å². The highest BCUT2D eigenvalue weighted by atomic mass is 35.5. The summed E-state index contributed by atoms with van der Waals surface area (Å²) in [4.78, 5) is 22.0. The molecular weight excluding hydrogens is 518 g/mol. The van der Waals surface area contributed by atoms with Crippen molar-refractivity contribution in [3.8, 4) is 11.5 Å². The van der Waals surface area contributed by atoms with E-state index in [-0.39, 0.29) is 24.0 Å². The van der Waals surface area contributed by atoms with Crippen LogP contribution in [-0.2, 0) is 20.1 Å². The summed E-state index contributed by atoms with van der Waals surface area (Å²) in [5, 5.41) is 23.8. The molecule has 2 N–H and O–H groups in total. The first-order chi connectivity index (χ1) is 18.2. The normalized spacial score (nSPS) is 12.6. The van der Waals surface area contributed by atoms with Crippen LogP contribution in [-0.4, -0.2) is 52.2 Å². The SMILES string of the molecule is Cc1ccc2c(c1)c(=O)n(CC(F)F)c1c2c(C(C)Nc2ccc(Cl)nc2-c2ncn(C)n2)nn1CCO. The summed E-state index contributed by atoms with van der Waals surface area (Å²) in [6, 6.07) is 8.25. The van der Waals surface area contributed by atoms with Crippen LogP contribution in [0.4, 0.5) is 14.5 Å². The molecule has 198 valence electrons. The fourth-order valence-corrected chi connectivity index (χ4v) is 4.78. The lowest BCUT2D eigenvalue weighted by Crippen LogP contribution is -2.26. The zero-order valence-corrected chi connectivity index (χ0v) is 21.6. The third kappa shape index (κ3) is 4.61. The molecule has 4 heterocycles. The van der Waals surface area contributed by atoms with Crippen molar-refractivity contribution in [1.29, 1.82) is 0 Å². The van der Waals surface area contributed by atoms with E-state index in [0.29, 0.717) is 39.1 Å². The molecule has 10 nitrogen and oxygen atoms in total. The Morgan fingerprint density at radius 1 is 1.16 bits per heavy atom. The van der Waals surface area contributed by atoms with E-state index < -0.39 is 24.6 Å². The summed E-state index contributed by atoms with van der Waals surface area (Å²) in [5.74, 6) is 0.368. The van der Waals surface area contributed by atoms with E-state index in [1.54, 1.807) is 42.3 Å². The third-order valence-corrected chi connectivity index (χ3v) is 6.43. The molecule has 5 rings (SSSR count). The molecule has 0 aliphatic carbocycles. The largest absolute Gasteiger partial charge is 0.394 e. The lowest BCUT2D eigenvalue weighted by atomic mass is 10.0. The number of hydrogen-bond acceptors (Lipinski definition) is 7. The first kappa shape index (κ1) is 25.7. The van der Waals surface area contributed by atoms with E-state index in [4.69, 9.17) is 11.6 Å². The standard InChI is InChI=1S/C25H25ClF2N8O2/c1-13-4-5-15-16(10-13)25(38)35(11-19(27)28)24-20(15)21(32-36(24)8-9-37)14(2)30-17-6-7-18(26)31-22(17)23-29-12-34(3)33-23/h4-7,10,12,14,19,30,37H,8-9,11H2,1-3H3. The maximum absolute atomic E-state index is 13.6. The Morgan fingerprint density at radius 3 is 2.63 bits per heavy atom. The number of nitrogens with zero attached hydrogens (tertiary/aromatic N) is 7. The minimum absolute atomic E-state index is 0.0227. The Hall–Kier alpha value is -3.90. The molecule has 0 fully saturated rings. The number of rotatable bonds is 8. The zero-order valence-electron chi connectivity index (χ0n) is 20.9. The topological polar surface area (TPSA) is 116 Å². The maximum Gasteiger partial charge on any atom is 0.260 e. The molecule has 0 spiro atoms. The summed E-state index contributed by atoms with van der Waals surface area (Å²) >= 11 is 6.16. The zero-order chi connectivity index (χ0) is 27.1. The molecule has 1 aromatic carbocycles. The van der Waals surface area contributed by atoms with Gasteiger partial charge >= 0.3 is 0 Å². The van der Waals surface area contributed by atoms with E-state index in [0.717, 1.165) is 10.1 Å². The molecule has 1 unspecified atom stereocenters. The number of pyridine rings is 2. The Bertz CT molecular complexity index is 1710. The molecule has 0 radical (unpaired) electrons. The predicted molar refractivity (Wildman–Crippen MR) is 141 cm³/mol. The molecule has 0 bridgehead atoms. The highest BCUT2D eigenvalue weighted by molar-refractivity contribution is 6.29. The van der Waals surface area contributed by atoms with Crippen LogP contribution >= 0.6 is 11.6 Å². The highest BCUT2D eigenvalue weighted by Gasteiger charge is 2.25. The van der Waals surface area contributed by atoms with Gasteiger partial charge < -0.3 is 10.4 Å². The second kappa shape index (κ2) is 10.1. The quantitative estimate of drug-likeness (QED) is 0.285. The van der Waals surface area contributed by atoms with Crippen LogP contribution in [0.3, 0.4) is 0 Å². The van der Waals surface area contributed by atoms with Gasteiger partial charge in [-0.25, -0.2) is 23.4 Å². The van der Waals surface area contributed by atoms with Gasteiger partial charge in [-0.15, -0.1) is 5.10 Å². The molecule has 1 atom stereocenters. The summed E-state index contributed by atoms with van der Waals surface area (Å²) in [6.45, 7) is 2.63. The van der Waals surface area contributed by atoms with Crippen molar-refractivity contribution in [3.05, 3.63) is 63.4 Å². The number of nitrogens with one attached hydrogen (secondary N) is 1. The lowest BCUT2D eigenvalue weighted by Gasteiger charge is -2.17. The molecule has 5 aromatic rings. The van der Waals surface area contributed by atoms with Gasteiger partial charge in [0.1, 0.15) is 22.8 Å². The fourth-order valence-electron chi connectivity index (χ4n) is 4.63. The number of aliphatic hydroxyl groups is 1. The number of benzene rings is 1. The fraction of sp³-hybridized carbons (Fsp3) is 0.320. The molecular formula is C25H25ClF2N8O2. The highest BCUT2D eigenvalue weighted by Crippen LogP contribution is 2.34. The van der Waals surface area contributed by atoms with Gasteiger partial charge in [0.15, 0.2) is 0 Å². The minimum Gasteiger partial charge on any atom is -0.394 e. The number of anilines is 1. The van der Waals surface area contributed by atoms with Crippen molar-refractivity contribution in [2.75, 3.05) is 11.9 Å². The molecule has 0 saturated heterocycles. The molecule has 0 saturated carbocycles. The van der Waals surface area contributed by atoms with Crippen molar-refractivity contribution in [3.63, 3.8) is 0 Å². The van der Waals surface area contributed by atoms with Gasteiger partial charge in [-0.1, -0.05) is 29.3 Å². The molecule has 0 aliphatic heterocycles. The molecule has 0 amide bonds. The second-order valence-electron chi connectivity index (χ2n) is 9.02. The summed E-state index contributed by atoms with van der Waals surface area (Å²) in [7, 11) is 1.74. The average Bonchev–Trinajstić information content (AvgIpc) is 3.47. The van der Waals surface area contributed by atoms with Crippen LogP contribution < -0.4 is 10.9 Å². The predicted octanol–water partition coefficient (Wildman–Crippen LogP) is 3.93. The van der Waals surface area contributed by atoms with Crippen molar-refractivity contribution in [2.24, 2.45) is 7.05 Å². The monoisotopic (exact) mass is 542 g/mol. The van der Waals surface area contributed by atoms with Crippen LogP contribution in [0.2, 0.25) is 5.15 Å². The van der Waals surface area contributed by atoms with Crippen LogP contribution in [0.5, 0.6) is 0 Å². The van der Waals surface area contributed by atoms with Crippen LogP contribution in [0.1, 0.15) is 24.2 Å². The summed E-state index contributed by atoms with van der Waals surface area (Å²) in [5.41, 5.74) is 2.05. The van der Waals surface area contributed by atoms with Gasteiger partial charge in [0.05, 0.1) is 42.5 Å². The number of alkyl halides is 2. The van der Waals surface area contributed by atoms with E-state index in [9.17, 15) is 18.7 Å². The first-order valence-corrected chi connectivity index (χ1v) is 12.3. The van der Waals surface area contributed by atoms with Crippen molar-refractivity contribution in [2.45, 2.75) is 39.4 Å². The van der Waals surface area contributed by atoms with Gasteiger partial charge in [-0.05, 0) is 32.0 Å². The van der Waals surface area contributed by atoms with Crippen LogP contribution in [0.15, 0.2) is 41.5 Å². The number of aliphatic hydroxyl groups excluding tert-OH is 1. The number of aryl methyl sites for hydroxylation is 2. The number of fused-ring (bicyclic) bond motifs is 3. The van der Waals surface area contributed by atoms with Crippen LogP contribution in [0.25, 0.3) is 33.3 Å². The van der Waals surface area contributed by atoms with E-state index in [2.05, 4.69) is 25.5 Å². The minimum atomic E-state index is -2.76.